The number of nitrogens with one attached hydrogen (secondary N) is 1. The van der Waals surface area contributed by atoms with E-state index in [1.165, 1.54) is 0 Å². The molecular weight excluding hydrogens is 554 g/mol. The zero-order chi connectivity index (χ0) is 31.7. The van der Waals surface area contributed by atoms with Crippen molar-refractivity contribution in [2.75, 3.05) is 13.2 Å². The number of esters is 2. The highest BCUT2D eigenvalue weighted by molar-refractivity contribution is 6.27. The lowest BCUT2D eigenvalue weighted by molar-refractivity contribution is -0.159. The van der Waals surface area contributed by atoms with Crippen LogP contribution in [0.2, 0.25) is 0 Å². The maximum Gasteiger partial charge on any atom is 0.414 e. The van der Waals surface area contributed by atoms with Crippen LogP contribution in [0.4, 0.5) is 0 Å². The number of carboxylic acids is 2. The molecule has 3 N–H and O–H groups in total. The summed E-state index contributed by atoms with van der Waals surface area (Å²) in [5, 5.41) is 18.1. The van der Waals surface area contributed by atoms with Crippen molar-refractivity contribution in [2.24, 2.45) is 0 Å². The summed E-state index contributed by atoms with van der Waals surface area (Å²) in [5.41, 5.74) is 4.73. The van der Waals surface area contributed by atoms with Gasteiger partial charge in [-0.2, -0.15) is 0 Å². The Balaban J connectivity index is 0.000000765. The zero-order valence-corrected chi connectivity index (χ0v) is 25.2. The zero-order valence-electron chi connectivity index (χ0n) is 25.2. The number of nitrogens with zero attached hydrogens (tertiary/aromatic N) is 2. The van der Waals surface area contributed by atoms with Gasteiger partial charge in [0.1, 0.15) is 17.5 Å². The first kappa shape index (κ1) is 33.0. The smallest absolute Gasteiger partial charge is 0.414 e. The van der Waals surface area contributed by atoms with Crippen LogP contribution in [0.1, 0.15) is 80.2 Å². The number of benzene rings is 2. The van der Waals surface area contributed by atoms with Gasteiger partial charge in [0.2, 0.25) is 0 Å². The van der Waals surface area contributed by atoms with Crippen molar-refractivity contribution in [2.45, 2.75) is 72.1 Å². The molecule has 11 nitrogen and oxygen atoms in total. The predicted molar refractivity (Wildman–Crippen MR) is 159 cm³/mol. The summed E-state index contributed by atoms with van der Waals surface area (Å²) in [6.07, 6.45) is 2.59. The topological polar surface area (TPSA) is 157 Å². The van der Waals surface area contributed by atoms with E-state index in [9.17, 15) is 9.59 Å². The summed E-state index contributed by atoms with van der Waals surface area (Å²) < 4.78 is 13.2. The second kappa shape index (κ2) is 14.6. The lowest BCUT2D eigenvalue weighted by atomic mass is 9.98. The molecule has 1 aliphatic rings. The average molecular weight is 594 g/mol. The Morgan fingerprint density at radius 1 is 1.00 bits per heavy atom. The average Bonchev–Trinajstić information content (AvgIpc) is 3.30. The number of fused-ring (bicyclic) bond motifs is 1. The molecule has 230 valence electrons. The standard InChI is InChI=1S/C30H37N3O4.C2H2O4/c1-6-10-25-32-24-17-18-31-26(29(35)36-7-2)27(24)33(25)19-20-13-15-21(16-14-20)22-11-8-9-12-23(22)28(34)37-30(3,4)5;3-1(4)2(5)6/h8-9,11-16,26,31H,6-7,10,17-19H2,1-5H3;(H,3,4)(H,5,6). The number of aromatic nitrogens is 2. The monoisotopic (exact) mass is 593 g/mol. The van der Waals surface area contributed by atoms with Gasteiger partial charge in [-0.1, -0.05) is 49.4 Å². The third kappa shape index (κ3) is 8.74. The van der Waals surface area contributed by atoms with Crippen molar-refractivity contribution in [1.29, 1.82) is 0 Å². The molecule has 1 aromatic heterocycles. The number of carbonyl (C=O) groups is 4. The molecule has 0 saturated heterocycles. The van der Waals surface area contributed by atoms with Crippen LogP contribution >= 0.6 is 0 Å². The Kier molecular flexibility index (Phi) is 11.2. The quantitative estimate of drug-likeness (QED) is 0.252. The first-order valence-corrected chi connectivity index (χ1v) is 14.2. The molecule has 3 aromatic rings. The minimum absolute atomic E-state index is 0.262. The molecule has 1 atom stereocenters. The van der Waals surface area contributed by atoms with Crippen LogP contribution in [0.5, 0.6) is 0 Å². The van der Waals surface area contributed by atoms with E-state index in [2.05, 4.69) is 28.9 Å². The SMILES string of the molecule is CCCc1nc2c(n1Cc1ccc(-c3ccccc3C(=O)OC(C)(C)C)cc1)C(C(=O)OCC)NCC2.O=C(O)C(=O)O. The Hall–Kier alpha value is -4.51. The van der Waals surface area contributed by atoms with Crippen LogP contribution in [-0.4, -0.2) is 62.4 Å². The maximum atomic E-state index is 12.8. The van der Waals surface area contributed by atoms with Gasteiger partial charge in [0, 0.05) is 25.9 Å². The van der Waals surface area contributed by atoms with Crippen LogP contribution in [0.3, 0.4) is 0 Å². The summed E-state index contributed by atoms with van der Waals surface area (Å²) in [7, 11) is 0. The molecule has 43 heavy (non-hydrogen) atoms. The summed E-state index contributed by atoms with van der Waals surface area (Å²) in [5.74, 6) is -3.25. The minimum Gasteiger partial charge on any atom is -0.473 e. The van der Waals surface area contributed by atoms with Crippen LogP contribution in [-0.2, 0) is 43.2 Å². The Labute approximate surface area is 250 Å². The van der Waals surface area contributed by atoms with E-state index in [-0.39, 0.29) is 11.9 Å². The third-order valence-corrected chi connectivity index (χ3v) is 6.48. The molecule has 11 heteroatoms. The van der Waals surface area contributed by atoms with Crippen LogP contribution in [0.25, 0.3) is 11.1 Å². The van der Waals surface area contributed by atoms with Crippen LogP contribution in [0, 0.1) is 0 Å². The summed E-state index contributed by atoms with van der Waals surface area (Å²) in [4.78, 5) is 48.7. The molecule has 0 amide bonds. The number of aliphatic carboxylic acids is 2. The number of carboxylic acid groups (broad SMARTS) is 2. The molecule has 1 aliphatic heterocycles. The molecule has 0 radical (unpaired) electrons. The molecule has 1 unspecified atom stereocenters. The largest absolute Gasteiger partial charge is 0.473 e. The molecule has 0 spiro atoms. The number of carbonyl (C=O) groups excluding carboxylic acids is 2. The van der Waals surface area contributed by atoms with Gasteiger partial charge in [0.15, 0.2) is 0 Å². The number of imidazole rings is 1. The van der Waals surface area contributed by atoms with E-state index in [4.69, 9.17) is 34.3 Å². The van der Waals surface area contributed by atoms with Crippen LogP contribution in [0.15, 0.2) is 48.5 Å². The highest BCUT2D eigenvalue weighted by Gasteiger charge is 2.33. The van der Waals surface area contributed by atoms with Gasteiger partial charge >= 0.3 is 23.9 Å². The van der Waals surface area contributed by atoms with Crippen molar-refractivity contribution in [3.63, 3.8) is 0 Å². The van der Waals surface area contributed by atoms with E-state index in [0.717, 1.165) is 53.2 Å². The lowest BCUT2D eigenvalue weighted by Gasteiger charge is -2.24. The molecule has 0 saturated carbocycles. The molecule has 0 bridgehead atoms. The maximum absolute atomic E-state index is 12.8. The van der Waals surface area contributed by atoms with Crippen molar-refractivity contribution < 1.29 is 38.9 Å². The van der Waals surface area contributed by atoms with Gasteiger partial charge in [0.25, 0.3) is 0 Å². The molecule has 0 aliphatic carbocycles. The third-order valence-electron chi connectivity index (χ3n) is 6.48. The second-order valence-electron chi connectivity index (χ2n) is 10.9. The van der Waals surface area contributed by atoms with Gasteiger partial charge in [-0.15, -0.1) is 0 Å². The molecular formula is C32H39N3O8. The fourth-order valence-electron chi connectivity index (χ4n) is 4.74. The number of rotatable bonds is 8. The van der Waals surface area contributed by atoms with E-state index >= 15 is 0 Å². The van der Waals surface area contributed by atoms with Crippen molar-refractivity contribution in [1.82, 2.24) is 14.9 Å². The van der Waals surface area contributed by atoms with Gasteiger partial charge in [-0.3, -0.25) is 5.32 Å². The minimum atomic E-state index is -1.82. The lowest BCUT2D eigenvalue weighted by Crippen LogP contribution is -2.37. The fraction of sp³-hybridized carbons (Fsp3) is 0.406. The summed E-state index contributed by atoms with van der Waals surface area (Å²) >= 11 is 0. The van der Waals surface area contributed by atoms with Gasteiger partial charge in [0.05, 0.1) is 23.6 Å². The number of hydrogen-bond donors (Lipinski definition) is 3. The summed E-state index contributed by atoms with van der Waals surface area (Å²) in [6.45, 7) is 11.2. The fourth-order valence-corrected chi connectivity index (χ4v) is 4.74. The molecule has 4 rings (SSSR count). The first-order valence-electron chi connectivity index (χ1n) is 14.2. The van der Waals surface area contributed by atoms with Crippen LogP contribution < -0.4 is 5.32 Å². The number of aryl methyl sites for hydroxylation is 1. The van der Waals surface area contributed by atoms with E-state index in [0.29, 0.717) is 25.3 Å². The van der Waals surface area contributed by atoms with Crippen molar-refractivity contribution in [3.8, 4) is 11.1 Å². The Morgan fingerprint density at radius 2 is 1.65 bits per heavy atom. The van der Waals surface area contributed by atoms with Gasteiger partial charge in [-0.25, -0.2) is 24.2 Å². The highest BCUT2D eigenvalue weighted by atomic mass is 16.6. The molecule has 2 aromatic carbocycles. The Bertz CT molecular complexity index is 1440. The molecule has 0 fully saturated rings. The highest BCUT2D eigenvalue weighted by Crippen LogP contribution is 2.29. The van der Waals surface area contributed by atoms with E-state index in [1.54, 1.807) is 6.07 Å². The van der Waals surface area contributed by atoms with Crippen molar-refractivity contribution >= 4 is 23.9 Å². The first-order chi connectivity index (χ1) is 20.4. The second-order valence-corrected chi connectivity index (χ2v) is 10.9. The normalized spacial score (nSPS) is 14.1. The van der Waals surface area contributed by atoms with E-state index in [1.807, 2.05) is 58.0 Å². The summed E-state index contributed by atoms with van der Waals surface area (Å²) in [6, 6.07) is 15.2. The molecule has 2 heterocycles. The van der Waals surface area contributed by atoms with Crippen molar-refractivity contribution in [3.05, 3.63) is 76.9 Å². The number of hydrogen-bond acceptors (Lipinski definition) is 8. The van der Waals surface area contributed by atoms with E-state index < -0.39 is 23.6 Å². The Morgan fingerprint density at radius 3 is 2.23 bits per heavy atom. The van der Waals surface area contributed by atoms with Gasteiger partial charge < -0.3 is 24.3 Å². The number of ether oxygens (including phenoxy) is 2. The van der Waals surface area contributed by atoms with Gasteiger partial charge in [-0.05, 0) is 56.9 Å². The predicted octanol–water partition coefficient (Wildman–Crippen LogP) is 4.41.